The zero-order valence-corrected chi connectivity index (χ0v) is 25.0. The second kappa shape index (κ2) is 13.5. The summed E-state index contributed by atoms with van der Waals surface area (Å²) in [4.78, 5) is 54.1. The van der Waals surface area contributed by atoms with Crippen LogP contribution in [-0.4, -0.2) is 66.9 Å². The van der Waals surface area contributed by atoms with Crippen molar-refractivity contribution in [1.82, 2.24) is 24.5 Å². The van der Waals surface area contributed by atoms with Gasteiger partial charge in [0, 0.05) is 28.9 Å². The van der Waals surface area contributed by atoms with Crippen LogP contribution in [0.4, 0.5) is 33.6 Å². The van der Waals surface area contributed by atoms with Gasteiger partial charge in [0.1, 0.15) is 29.6 Å². The summed E-state index contributed by atoms with van der Waals surface area (Å²) in [5.74, 6) is -5.72. The molecule has 0 aliphatic heterocycles. The van der Waals surface area contributed by atoms with Gasteiger partial charge in [-0.25, -0.2) is 23.5 Å². The lowest BCUT2D eigenvalue weighted by Crippen LogP contribution is -2.35. The Hall–Kier alpha value is -5.84. The number of nitrogens with one attached hydrogen (secondary N) is 2. The standard InChI is InChI=1S/C31H24F5N7O5/c1-15-6-7-17(39-28(46)23-12-37-16(2)11-38-23)10-20(15)25-19-8-9-24(45)43(26-21(32)4-3-5-22(26)33)27(19)42-30(41-25)40-18(13-44)14-48-29(47)31(34,35)36/h3-12,18,44H,13-14H2,1-2H3,(H,39,46)(H,40,41,42). The molecule has 0 spiro atoms. The molecular weight excluding hydrogens is 645 g/mol. The Morgan fingerprint density at radius 2 is 1.73 bits per heavy atom. The average molecular weight is 670 g/mol. The normalized spacial score (nSPS) is 12.1. The highest BCUT2D eigenvalue weighted by Crippen LogP contribution is 2.33. The number of amides is 1. The Balaban J connectivity index is 1.66. The van der Waals surface area contributed by atoms with Crippen LogP contribution >= 0.6 is 0 Å². The monoisotopic (exact) mass is 669 g/mol. The number of ether oxygens (including phenoxy) is 1. The molecule has 1 unspecified atom stereocenters. The molecule has 3 N–H and O–H groups in total. The van der Waals surface area contributed by atoms with Gasteiger partial charge in [-0.1, -0.05) is 12.1 Å². The van der Waals surface area contributed by atoms with Crippen LogP contribution in [0.15, 0.2) is 65.7 Å². The fourth-order valence-electron chi connectivity index (χ4n) is 4.54. The first-order chi connectivity index (χ1) is 22.8. The van der Waals surface area contributed by atoms with Gasteiger partial charge in [-0.05, 0) is 49.7 Å². The van der Waals surface area contributed by atoms with E-state index in [2.05, 4.69) is 35.3 Å². The van der Waals surface area contributed by atoms with E-state index >= 15 is 8.78 Å². The van der Waals surface area contributed by atoms with E-state index in [0.29, 0.717) is 21.4 Å². The number of aliphatic hydroxyl groups excluding tert-OH is 1. The Morgan fingerprint density at radius 1 is 1.00 bits per heavy atom. The molecule has 248 valence electrons. The highest BCUT2D eigenvalue weighted by Gasteiger charge is 2.41. The average Bonchev–Trinajstić information content (AvgIpc) is 3.04. The molecule has 5 rings (SSSR count). The molecule has 3 heterocycles. The van der Waals surface area contributed by atoms with Crippen molar-refractivity contribution < 1.29 is 41.4 Å². The van der Waals surface area contributed by atoms with Crippen LogP contribution < -0.4 is 16.2 Å². The van der Waals surface area contributed by atoms with Gasteiger partial charge in [-0.2, -0.15) is 18.2 Å². The number of carbonyl (C=O) groups excluding carboxylic acids is 2. The predicted octanol–water partition coefficient (Wildman–Crippen LogP) is 4.26. The van der Waals surface area contributed by atoms with Crippen molar-refractivity contribution in [2.75, 3.05) is 23.8 Å². The van der Waals surface area contributed by atoms with Crippen molar-refractivity contribution in [3.8, 4) is 16.9 Å². The highest BCUT2D eigenvalue weighted by molar-refractivity contribution is 6.03. The number of anilines is 2. The zero-order chi connectivity index (χ0) is 34.7. The number of pyridine rings is 1. The number of rotatable bonds is 9. The van der Waals surface area contributed by atoms with Crippen LogP contribution in [0.25, 0.3) is 28.0 Å². The largest absolute Gasteiger partial charge is 0.490 e. The van der Waals surface area contributed by atoms with Crippen molar-refractivity contribution in [2.24, 2.45) is 0 Å². The van der Waals surface area contributed by atoms with Crippen molar-refractivity contribution in [1.29, 1.82) is 0 Å². The first kappa shape index (κ1) is 33.5. The molecule has 48 heavy (non-hydrogen) atoms. The second-order valence-corrected chi connectivity index (χ2v) is 10.4. The number of hydrogen-bond donors (Lipinski definition) is 3. The van der Waals surface area contributed by atoms with Crippen LogP contribution in [0, 0.1) is 25.5 Å². The maximum atomic E-state index is 15.0. The van der Waals surface area contributed by atoms with E-state index < -0.39 is 66.1 Å². The number of hydrogen-bond acceptors (Lipinski definition) is 10. The van der Waals surface area contributed by atoms with Crippen LogP contribution in [-0.2, 0) is 9.53 Å². The molecule has 0 radical (unpaired) electrons. The first-order valence-electron chi connectivity index (χ1n) is 14.0. The lowest BCUT2D eigenvalue weighted by Gasteiger charge is -2.20. The third-order valence-corrected chi connectivity index (χ3v) is 6.88. The van der Waals surface area contributed by atoms with E-state index in [1.165, 1.54) is 24.5 Å². The Labute approximate surface area is 267 Å². The molecule has 5 aromatic rings. The summed E-state index contributed by atoms with van der Waals surface area (Å²) in [6, 6.07) is 8.65. The minimum Gasteiger partial charge on any atom is -0.457 e. The van der Waals surface area contributed by atoms with E-state index in [4.69, 9.17) is 0 Å². The molecule has 1 atom stereocenters. The van der Waals surface area contributed by atoms with Crippen molar-refractivity contribution in [2.45, 2.75) is 26.1 Å². The number of esters is 1. The van der Waals surface area contributed by atoms with Crippen LogP contribution in [0.1, 0.15) is 21.7 Å². The Morgan fingerprint density at radius 3 is 2.38 bits per heavy atom. The number of nitrogens with zero attached hydrogens (tertiary/aromatic N) is 5. The van der Waals surface area contributed by atoms with E-state index in [1.54, 1.807) is 26.0 Å². The van der Waals surface area contributed by atoms with E-state index in [0.717, 1.165) is 24.3 Å². The Kier molecular flexibility index (Phi) is 9.42. The van der Waals surface area contributed by atoms with Crippen molar-refractivity contribution in [3.05, 3.63) is 99.9 Å². The second-order valence-electron chi connectivity index (χ2n) is 10.4. The predicted molar refractivity (Wildman–Crippen MR) is 161 cm³/mol. The van der Waals surface area contributed by atoms with Gasteiger partial charge in [0.15, 0.2) is 5.65 Å². The van der Waals surface area contributed by atoms with Gasteiger partial charge < -0.3 is 20.5 Å². The number of benzene rings is 2. The van der Waals surface area contributed by atoms with Crippen LogP contribution in [0.3, 0.4) is 0 Å². The zero-order valence-electron chi connectivity index (χ0n) is 25.0. The number of halogens is 5. The minimum atomic E-state index is -5.30. The van der Waals surface area contributed by atoms with Crippen molar-refractivity contribution >= 4 is 34.5 Å². The lowest BCUT2D eigenvalue weighted by atomic mass is 10.0. The minimum absolute atomic E-state index is 0.0268. The maximum absolute atomic E-state index is 15.0. The summed E-state index contributed by atoms with van der Waals surface area (Å²) in [7, 11) is 0. The molecule has 0 aliphatic rings. The summed E-state index contributed by atoms with van der Waals surface area (Å²) in [5.41, 5.74) is -0.130. The van der Waals surface area contributed by atoms with Crippen LogP contribution in [0.5, 0.6) is 0 Å². The summed E-state index contributed by atoms with van der Waals surface area (Å²) in [6.07, 6.45) is -2.59. The van der Waals surface area contributed by atoms with Gasteiger partial charge in [0.25, 0.3) is 11.5 Å². The molecule has 0 aliphatic carbocycles. The fraction of sp³-hybridized carbons (Fsp3) is 0.194. The molecule has 0 fully saturated rings. The summed E-state index contributed by atoms with van der Waals surface area (Å²) in [6.45, 7) is 1.55. The number of para-hydroxylation sites is 1. The van der Waals surface area contributed by atoms with Gasteiger partial charge in [-0.3, -0.25) is 19.1 Å². The number of carbonyl (C=O) groups is 2. The number of aliphatic hydroxyl groups is 1. The lowest BCUT2D eigenvalue weighted by molar-refractivity contribution is -0.200. The maximum Gasteiger partial charge on any atom is 0.490 e. The third-order valence-electron chi connectivity index (χ3n) is 6.88. The number of fused-ring (bicyclic) bond motifs is 1. The molecule has 0 saturated carbocycles. The highest BCUT2D eigenvalue weighted by atomic mass is 19.4. The summed E-state index contributed by atoms with van der Waals surface area (Å²) < 4.78 is 73.1. The quantitative estimate of drug-likeness (QED) is 0.153. The molecule has 12 nitrogen and oxygen atoms in total. The topological polar surface area (TPSA) is 161 Å². The van der Waals surface area contributed by atoms with Gasteiger partial charge >= 0.3 is 12.1 Å². The number of aromatic nitrogens is 5. The third kappa shape index (κ3) is 7.10. The van der Waals surface area contributed by atoms with Gasteiger partial charge in [0.2, 0.25) is 5.95 Å². The molecule has 3 aromatic heterocycles. The van der Waals surface area contributed by atoms with E-state index in [9.17, 15) is 32.7 Å². The molecule has 17 heteroatoms. The molecule has 0 bridgehead atoms. The molecule has 2 aromatic carbocycles. The smallest absolute Gasteiger partial charge is 0.457 e. The molecule has 1 amide bonds. The summed E-state index contributed by atoms with van der Waals surface area (Å²) in [5, 5.41) is 15.2. The van der Waals surface area contributed by atoms with E-state index in [1.807, 2.05) is 0 Å². The number of aryl methyl sites for hydroxylation is 2. The van der Waals surface area contributed by atoms with Gasteiger partial charge in [0.05, 0.1) is 30.2 Å². The van der Waals surface area contributed by atoms with Gasteiger partial charge in [-0.15, -0.1) is 0 Å². The first-order valence-corrected chi connectivity index (χ1v) is 14.0. The SMILES string of the molecule is Cc1cnc(C(=O)Nc2ccc(C)c(-c3nc(NC(CO)COC(=O)C(F)(F)F)nc4c3ccc(=O)n4-c3c(F)cccc3F)c2)cn1. The number of alkyl halides is 3. The molecular formula is C31H24F5N7O5. The van der Waals surface area contributed by atoms with E-state index in [-0.39, 0.29) is 28.1 Å². The fourth-order valence-corrected chi connectivity index (χ4v) is 4.54. The summed E-state index contributed by atoms with van der Waals surface area (Å²) >= 11 is 0. The van der Waals surface area contributed by atoms with Crippen molar-refractivity contribution in [3.63, 3.8) is 0 Å². The molecule has 0 saturated heterocycles. The Bertz CT molecular complexity index is 2070. The van der Waals surface area contributed by atoms with Crippen LogP contribution in [0.2, 0.25) is 0 Å².